The number of rotatable bonds is 2. The van der Waals surface area contributed by atoms with E-state index in [4.69, 9.17) is 0 Å². The third kappa shape index (κ3) is 1.47. The number of nitrogens with zero attached hydrogens (tertiary/aromatic N) is 3. The van der Waals surface area contributed by atoms with E-state index >= 15 is 0 Å². The monoisotopic (exact) mass is 159 g/mol. The molecule has 0 amide bonds. The molecule has 0 saturated heterocycles. The van der Waals surface area contributed by atoms with E-state index in [2.05, 4.69) is 20.4 Å². The van der Waals surface area contributed by atoms with Gasteiger partial charge in [0, 0.05) is 12.4 Å². The van der Waals surface area contributed by atoms with E-state index in [9.17, 15) is 0 Å². The van der Waals surface area contributed by atoms with Crippen LogP contribution < -0.4 is 0 Å². The predicted molar refractivity (Wildman–Crippen MR) is 43.1 cm³/mol. The van der Waals surface area contributed by atoms with Crippen molar-refractivity contribution in [2.45, 2.75) is 0 Å². The predicted octanol–water partition coefficient (Wildman–Crippen LogP) is 0.800. The molecule has 0 spiro atoms. The summed E-state index contributed by atoms with van der Waals surface area (Å²) in [6.45, 7) is 0. The molecule has 1 N–H and O–H groups in total. The van der Waals surface area contributed by atoms with Crippen molar-refractivity contribution in [2.75, 3.05) is 0 Å². The van der Waals surface area contributed by atoms with Crippen LogP contribution in [0.25, 0.3) is 0 Å². The van der Waals surface area contributed by atoms with E-state index in [1.807, 2.05) is 24.6 Å². The molecule has 0 aliphatic carbocycles. The average molecular weight is 159 g/mol. The van der Waals surface area contributed by atoms with Gasteiger partial charge in [0.25, 0.3) is 0 Å². The molecule has 2 heterocycles. The average Bonchev–Trinajstić information content (AvgIpc) is 2.59. The molecule has 0 aliphatic heterocycles. The Morgan fingerprint density at radius 3 is 2.92 bits per heavy atom. The lowest BCUT2D eigenvalue weighted by Gasteiger charge is -1.92. The van der Waals surface area contributed by atoms with Crippen LogP contribution in [0.4, 0.5) is 0 Å². The molecular weight excluding hydrogens is 152 g/mol. The molecular formula is C8H7N4. The smallest absolute Gasteiger partial charge is 0.0925 e. The highest BCUT2D eigenvalue weighted by molar-refractivity contribution is 5.24. The van der Waals surface area contributed by atoms with Crippen molar-refractivity contribution < 1.29 is 0 Å². The Labute approximate surface area is 69.7 Å². The van der Waals surface area contributed by atoms with Gasteiger partial charge in [0.1, 0.15) is 0 Å². The number of aromatic nitrogens is 4. The lowest BCUT2D eigenvalue weighted by molar-refractivity contribution is 0.930. The fourth-order valence-corrected chi connectivity index (χ4v) is 0.894. The van der Waals surface area contributed by atoms with Crippen LogP contribution in [0.5, 0.6) is 0 Å². The zero-order valence-electron chi connectivity index (χ0n) is 6.31. The second kappa shape index (κ2) is 3.13. The van der Waals surface area contributed by atoms with Gasteiger partial charge in [-0.2, -0.15) is 0 Å². The Balaban J connectivity index is 2.15. The summed E-state index contributed by atoms with van der Waals surface area (Å²) in [4.78, 5) is 4.12. The van der Waals surface area contributed by atoms with E-state index in [1.165, 1.54) is 0 Å². The Hall–Kier alpha value is -1.71. The van der Waals surface area contributed by atoms with Gasteiger partial charge in [-0.15, -0.1) is 5.10 Å². The molecule has 2 aromatic heterocycles. The summed E-state index contributed by atoms with van der Waals surface area (Å²) in [5.74, 6) is 0. The van der Waals surface area contributed by atoms with E-state index in [1.54, 1.807) is 12.4 Å². The fraction of sp³-hybridized carbons (Fsp3) is 0. The number of hydrogen-bond donors (Lipinski definition) is 1. The Morgan fingerprint density at radius 1 is 1.25 bits per heavy atom. The lowest BCUT2D eigenvalue weighted by Crippen LogP contribution is -1.87. The summed E-state index contributed by atoms with van der Waals surface area (Å²) < 4.78 is 0. The molecule has 0 saturated carbocycles. The summed E-state index contributed by atoms with van der Waals surface area (Å²) in [6.07, 6.45) is 5.31. The van der Waals surface area contributed by atoms with Crippen molar-refractivity contribution in [2.24, 2.45) is 0 Å². The number of H-pyrrole nitrogens is 1. The highest BCUT2D eigenvalue weighted by atomic mass is 15.3. The van der Waals surface area contributed by atoms with Crippen LogP contribution in [0.3, 0.4) is 0 Å². The first-order chi connectivity index (χ1) is 5.95. The normalized spacial score (nSPS) is 10.0. The van der Waals surface area contributed by atoms with Crippen molar-refractivity contribution in [3.63, 3.8) is 0 Å². The summed E-state index contributed by atoms with van der Waals surface area (Å²) in [5.41, 5.74) is 1.67. The minimum atomic E-state index is 0.786. The van der Waals surface area contributed by atoms with Crippen LogP contribution in [-0.2, 0) is 0 Å². The van der Waals surface area contributed by atoms with Gasteiger partial charge in [-0.05, 0) is 12.1 Å². The summed E-state index contributed by atoms with van der Waals surface area (Å²) in [6, 6.07) is 5.72. The van der Waals surface area contributed by atoms with Crippen molar-refractivity contribution in [3.05, 3.63) is 48.4 Å². The van der Waals surface area contributed by atoms with Gasteiger partial charge in [0.2, 0.25) is 0 Å². The van der Waals surface area contributed by atoms with E-state index < -0.39 is 0 Å². The molecule has 2 aromatic rings. The molecule has 0 aromatic carbocycles. The van der Waals surface area contributed by atoms with Crippen LogP contribution in [0.15, 0.2) is 30.6 Å². The maximum atomic E-state index is 4.12. The lowest BCUT2D eigenvalue weighted by atomic mass is 10.2. The van der Waals surface area contributed by atoms with Gasteiger partial charge in [-0.25, -0.2) is 0 Å². The van der Waals surface area contributed by atoms with Crippen LogP contribution in [0, 0.1) is 6.42 Å². The molecule has 0 fully saturated rings. The van der Waals surface area contributed by atoms with Crippen molar-refractivity contribution in [3.8, 4) is 0 Å². The molecule has 1 radical (unpaired) electrons. The molecule has 0 bridgehead atoms. The Kier molecular flexibility index (Phi) is 1.82. The first kappa shape index (κ1) is 6.97. The van der Waals surface area contributed by atoms with Crippen molar-refractivity contribution >= 4 is 0 Å². The summed E-state index contributed by atoms with van der Waals surface area (Å²) in [5, 5.41) is 10.0. The molecule has 2 rings (SSSR count). The van der Waals surface area contributed by atoms with Gasteiger partial charge in [0.05, 0.1) is 17.8 Å². The van der Waals surface area contributed by atoms with Gasteiger partial charge in [-0.1, -0.05) is 11.3 Å². The molecule has 59 valence electrons. The largest absolute Gasteiger partial charge is 0.265 e. The van der Waals surface area contributed by atoms with Crippen LogP contribution in [0.1, 0.15) is 11.4 Å². The quantitative estimate of drug-likeness (QED) is 0.705. The second-order valence-corrected chi connectivity index (χ2v) is 2.30. The molecule has 12 heavy (non-hydrogen) atoms. The molecule has 0 unspecified atom stereocenters. The SMILES string of the molecule is [CH](c1ccccn1)c1c[nH]nn1. The number of hydrogen-bond acceptors (Lipinski definition) is 3. The van der Waals surface area contributed by atoms with E-state index in [0.717, 1.165) is 11.4 Å². The van der Waals surface area contributed by atoms with Crippen LogP contribution in [0.2, 0.25) is 0 Å². The first-order valence-electron chi connectivity index (χ1n) is 3.57. The van der Waals surface area contributed by atoms with E-state index in [-0.39, 0.29) is 0 Å². The number of nitrogens with one attached hydrogen (secondary N) is 1. The number of pyridine rings is 1. The molecule has 4 heteroatoms. The minimum absolute atomic E-state index is 0.786. The maximum Gasteiger partial charge on any atom is 0.0925 e. The first-order valence-corrected chi connectivity index (χ1v) is 3.57. The topological polar surface area (TPSA) is 54.5 Å². The fourth-order valence-electron chi connectivity index (χ4n) is 0.894. The maximum absolute atomic E-state index is 4.12. The van der Waals surface area contributed by atoms with Crippen LogP contribution in [-0.4, -0.2) is 20.4 Å². The standard InChI is InChI=1S/C8H7N4/c1-2-4-9-7(3-1)5-8-6-10-12-11-8/h1-6H,(H,10,11,12). The minimum Gasteiger partial charge on any atom is -0.265 e. The Morgan fingerprint density at radius 2 is 2.25 bits per heavy atom. The Bertz CT molecular complexity index is 327. The van der Waals surface area contributed by atoms with E-state index in [0.29, 0.717) is 0 Å². The molecule has 0 atom stereocenters. The summed E-state index contributed by atoms with van der Waals surface area (Å²) in [7, 11) is 0. The third-order valence-electron chi connectivity index (χ3n) is 1.42. The molecule has 4 nitrogen and oxygen atoms in total. The summed E-state index contributed by atoms with van der Waals surface area (Å²) >= 11 is 0. The highest BCUT2D eigenvalue weighted by Gasteiger charge is 1.98. The van der Waals surface area contributed by atoms with Crippen molar-refractivity contribution in [1.29, 1.82) is 0 Å². The van der Waals surface area contributed by atoms with Gasteiger partial charge < -0.3 is 0 Å². The van der Waals surface area contributed by atoms with Gasteiger partial charge in [0.15, 0.2) is 0 Å². The van der Waals surface area contributed by atoms with Gasteiger partial charge in [-0.3, -0.25) is 10.1 Å². The zero-order valence-corrected chi connectivity index (χ0v) is 6.31. The zero-order chi connectivity index (χ0) is 8.23. The van der Waals surface area contributed by atoms with Crippen molar-refractivity contribution in [1.82, 2.24) is 20.4 Å². The second-order valence-electron chi connectivity index (χ2n) is 2.30. The van der Waals surface area contributed by atoms with Crippen LogP contribution >= 0.6 is 0 Å². The third-order valence-corrected chi connectivity index (χ3v) is 1.42. The highest BCUT2D eigenvalue weighted by Crippen LogP contribution is 2.03. The van der Waals surface area contributed by atoms with Gasteiger partial charge >= 0.3 is 0 Å². The molecule has 0 aliphatic rings. The number of aromatic amines is 1.